The number of aromatic nitrogens is 1. The van der Waals surface area contributed by atoms with E-state index in [9.17, 15) is 4.79 Å². The largest absolute Gasteiger partial charge is 0.457 e. The second kappa shape index (κ2) is 11.2. The number of nitrogens with zero attached hydrogens (tertiary/aromatic N) is 1. The number of aryl methyl sites for hydroxylation is 1. The molecule has 0 aliphatic carbocycles. The van der Waals surface area contributed by atoms with E-state index in [4.69, 9.17) is 9.47 Å². The van der Waals surface area contributed by atoms with E-state index in [0.29, 0.717) is 22.7 Å². The Morgan fingerprint density at radius 1 is 1.03 bits per heavy atom. The van der Waals surface area contributed by atoms with Crippen molar-refractivity contribution in [1.29, 1.82) is 0 Å². The first-order chi connectivity index (χ1) is 14.9. The lowest BCUT2D eigenvalue weighted by atomic mass is 10.1. The van der Waals surface area contributed by atoms with Gasteiger partial charge >= 0.3 is 0 Å². The van der Waals surface area contributed by atoms with Crippen molar-refractivity contribution in [2.75, 3.05) is 11.9 Å². The van der Waals surface area contributed by atoms with Crippen molar-refractivity contribution in [3.05, 3.63) is 81.2 Å². The minimum absolute atomic E-state index is 0.103. The predicted octanol–water partition coefficient (Wildman–Crippen LogP) is 6.40. The van der Waals surface area contributed by atoms with Crippen LogP contribution in [0.2, 0.25) is 0 Å². The van der Waals surface area contributed by atoms with Gasteiger partial charge in [-0.15, -0.1) is 0 Å². The lowest BCUT2D eigenvalue weighted by molar-refractivity contribution is 0.0663. The molecule has 3 aromatic rings. The zero-order valence-corrected chi connectivity index (χ0v) is 20.2. The van der Waals surface area contributed by atoms with Gasteiger partial charge in [-0.05, 0) is 104 Å². The fourth-order valence-electron chi connectivity index (χ4n) is 3.08. The van der Waals surface area contributed by atoms with Crippen molar-refractivity contribution in [2.24, 2.45) is 0 Å². The Kier molecular flexibility index (Phi) is 8.43. The number of hydrogen-bond donors (Lipinski definition) is 1. The molecule has 3 rings (SSSR count). The molecule has 0 radical (unpaired) electrons. The lowest BCUT2D eigenvalue weighted by Crippen LogP contribution is -2.16. The molecular formula is C25H27IN2O3. The third kappa shape index (κ3) is 7.04. The van der Waals surface area contributed by atoms with Gasteiger partial charge in [0.15, 0.2) is 0 Å². The predicted molar refractivity (Wildman–Crippen MR) is 132 cm³/mol. The summed E-state index contributed by atoms with van der Waals surface area (Å²) in [5, 5.41) is 2.93. The van der Waals surface area contributed by atoms with Gasteiger partial charge in [0.2, 0.25) is 0 Å². The normalized spacial score (nSPS) is 11.7. The van der Waals surface area contributed by atoms with Gasteiger partial charge in [-0.25, -0.2) is 0 Å². The number of anilines is 1. The summed E-state index contributed by atoms with van der Waals surface area (Å²) >= 11 is 2.26. The zero-order valence-electron chi connectivity index (χ0n) is 18.0. The van der Waals surface area contributed by atoms with Gasteiger partial charge in [-0.1, -0.05) is 6.92 Å². The van der Waals surface area contributed by atoms with Crippen LogP contribution in [-0.2, 0) is 11.2 Å². The van der Waals surface area contributed by atoms with Gasteiger partial charge in [-0.3, -0.25) is 9.78 Å². The van der Waals surface area contributed by atoms with Crippen LogP contribution in [0.4, 0.5) is 5.69 Å². The number of carbonyl (C=O) groups excluding carboxylic acids is 1. The molecule has 1 unspecified atom stereocenters. The van der Waals surface area contributed by atoms with Gasteiger partial charge < -0.3 is 14.8 Å². The van der Waals surface area contributed by atoms with Crippen molar-refractivity contribution in [3.63, 3.8) is 0 Å². The van der Waals surface area contributed by atoms with Gasteiger partial charge in [0.25, 0.3) is 5.91 Å². The smallest absolute Gasteiger partial charge is 0.257 e. The van der Waals surface area contributed by atoms with E-state index < -0.39 is 0 Å². The Morgan fingerprint density at radius 3 is 2.29 bits per heavy atom. The van der Waals surface area contributed by atoms with Crippen LogP contribution in [0, 0.1) is 10.5 Å². The molecule has 0 aliphatic rings. The highest BCUT2D eigenvalue weighted by Gasteiger charge is 2.13. The fraction of sp³-hybridized carbons (Fsp3) is 0.280. The van der Waals surface area contributed by atoms with Crippen LogP contribution >= 0.6 is 22.6 Å². The van der Waals surface area contributed by atoms with Crippen molar-refractivity contribution in [3.8, 4) is 11.5 Å². The molecule has 0 fully saturated rings. The monoisotopic (exact) mass is 530 g/mol. The van der Waals surface area contributed by atoms with Gasteiger partial charge in [0, 0.05) is 28.0 Å². The van der Waals surface area contributed by atoms with E-state index in [2.05, 4.69) is 39.8 Å². The van der Waals surface area contributed by atoms with Gasteiger partial charge in [0.1, 0.15) is 11.5 Å². The Morgan fingerprint density at radius 2 is 1.68 bits per heavy atom. The molecule has 1 aromatic heterocycles. The third-order valence-electron chi connectivity index (χ3n) is 4.65. The maximum absolute atomic E-state index is 12.7. The third-order valence-corrected chi connectivity index (χ3v) is 5.37. The highest BCUT2D eigenvalue weighted by molar-refractivity contribution is 14.1. The minimum Gasteiger partial charge on any atom is -0.457 e. The molecule has 1 atom stereocenters. The first-order valence-corrected chi connectivity index (χ1v) is 11.5. The van der Waals surface area contributed by atoms with E-state index >= 15 is 0 Å². The van der Waals surface area contributed by atoms with E-state index in [1.54, 1.807) is 0 Å². The first-order valence-electron chi connectivity index (χ1n) is 10.4. The topological polar surface area (TPSA) is 60.5 Å². The molecule has 0 saturated heterocycles. The van der Waals surface area contributed by atoms with Gasteiger partial charge in [0.05, 0.1) is 17.4 Å². The van der Waals surface area contributed by atoms with Crippen molar-refractivity contribution in [1.82, 2.24) is 4.98 Å². The molecular weight excluding hydrogens is 503 g/mol. The van der Waals surface area contributed by atoms with Crippen LogP contribution < -0.4 is 10.1 Å². The van der Waals surface area contributed by atoms with Crippen LogP contribution in [0.15, 0.2) is 60.7 Å². The molecule has 162 valence electrons. The number of carbonyl (C=O) groups is 1. The SMILES string of the molecule is CCCOC(C)Cc1ccc(C(=O)Nc2ccc(Oc3ccc(I)cc3)cc2)c(C)n1. The summed E-state index contributed by atoms with van der Waals surface area (Å²) in [6.07, 6.45) is 1.83. The number of rotatable bonds is 9. The Balaban J connectivity index is 1.59. The summed E-state index contributed by atoms with van der Waals surface area (Å²) < 4.78 is 12.7. The average molecular weight is 530 g/mol. The number of ether oxygens (including phenoxy) is 2. The minimum atomic E-state index is -0.182. The summed E-state index contributed by atoms with van der Waals surface area (Å²) in [4.78, 5) is 17.3. The molecule has 5 nitrogen and oxygen atoms in total. The summed E-state index contributed by atoms with van der Waals surface area (Å²) in [6, 6.07) is 18.9. The molecule has 31 heavy (non-hydrogen) atoms. The Hall–Kier alpha value is -2.45. The molecule has 6 heteroatoms. The van der Waals surface area contributed by atoms with E-state index in [0.717, 1.165) is 34.5 Å². The maximum atomic E-state index is 12.7. The number of nitrogens with one attached hydrogen (secondary N) is 1. The number of halogens is 1. The first kappa shape index (κ1) is 23.2. The van der Waals surface area contributed by atoms with E-state index in [1.165, 1.54) is 0 Å². The molecule has 0 spiro atoms. The molecule has 1 amide bonds. The highest BCUT2D eigenvalue weighted by Crippen LogP contribution is 2.24. The summed E-state index contributed by atoms with van der Waals surface area (Å²) in [5.74, 6) is 1.30. The number of pyridine rings is 1. The quantitative estimate of drug-likeness (QED) is 0.326. The molecule has 0 saturated carbocycles. The maximum Gasteiger partial charge on any atom is 0.257 e. The van der Waals surface area contributed by atoms with Crippen LogP contribution in [0.3, 0.4) is 0 Å². The Bertz CT molecular complexity index is 1000. The van der Waals surface area contributed by atoms with E-state index in [1.807, 2.05) is 74.5 Å². The molecule has 1 heterocycles. The van der Waals surface area contributed by atoms with E-state index in [-0.39, 0.29) is 12.0 Å². The number of amides is 1. The number of benzene rings is 2. The van der Waals surface area contributed by atoms with Gasteiger partial charge in [-0.2, -0.15) is 0 Å². The second-order valence-electron chi connectivity index (χ2n) is 7.36. The van der Waals surface area contributed by atoms with Crippen molar-refractivity contribution in [2.45, 2.75) is 39.7 Å². The van der Waals surface area contributed by atoms with Crippen LogP contribution in [0.1, 0.15) is 42.0 Å². The number of hydrogen-bond acceptors (Lipinski definition) is 4. The summed E-state index contributed by atoms with van der Waals surface area (Å²) in [7, 11) is 0. The fourth-order valence-corrected chi connectivity index (χ4v) is 3.44. The standard InChI is InChI=1S/C25H27IN2O3/c1-4-15-30-17(2)16-21-9-14-24(18(3)27-21)25(29)28-20-7-12-23(13-8-20)31-22-10-5-19(26)6-11-22/h5-14,17H,4,15-16H2,1-3H3,(H,28,29). The average Bonchev–Trinajstić information content (AvgIpc) is 2.75. The van der Waals surface area contributed by atoms with Crippen molar-refractivity contribution >= 4 is 34.2 Å². The molecule has 1 N–H and O–H groups in total. The molecule has 0 aliphatic heterocycles. The van der Waals surface area contributed by atoms with Crippen molar-refractivity contribution < 1.29 is 14.3 Å². The zero-order chi connectivity index (χ0) is 22.2. The van der Waals surface area contributed by atoms with Crippen LogP contribution in [0.5, 0.6) is 11.5 Å². The van der Waals surface area contributed by atoms with Crippen LogP contribution in [0.25, 0.3) is 0 Å². The Labute approximate surface area is 197 Å². The summed E-state index contributed by atoms with van der Waals surface area (Å²) in [6.45, 7) is 6.73. The second-order valence-corrected chi connectivity index (χ2v) is 8.60. The van der Waals surface area contributed by atoms with Crippen LogP contribution in [-0.4, -0.2) is 23.6 Å². The highest BCUT2D eigenvalue weighted by atomic mass is 127. The summed E-state index contributed by atoms with van der Waals surface area (Å²) in [5.41, 5.74) is 2.89. The molecule has 0 bridgehead atoms. The lowest BCUT2D eigenvalue weighted by Gasteiger charge is -2.13. The molecule has 2 aromatic carbocycles.